The lowest BCUT2D eigenvalue weighted by Crippen LogP contribution is -2.28. The van der Waals surface area contributed by atoms with Gasteiger partial charge < -0.3 is 4.90 Å². The highest BCUT2D eigenvalue weighted by Crippen LogP contribution is 2.65. The largest absolute Gasteiger partial charge is 0.310 e. The van der Waals surface area contributed by atoms with Crippen LogP contribution in [0.1, 0.15) is 126 Å². The van der Waals surface area contributed by atoms with Crippen molar-refractivity contribution in [1.82, 2.24) is 0 Å². The van der Waals surface area contributed by atoms with Crippen molar-refractivity contribution in [3.8, 4) is 44.5 Å². The third kappa shape index (κ3) is 6.11. The summed E-state index contributed by atoms with van der Waals surface area (Å²) in [6, 6.07) is 65.6. The zero-order chi connectivity index (χ0) is 45.4. The molecule has 0 N–H and O–H groups in total. The van der Waals surface area contributed by atoms with Crippen LogP contribution >= 0.6 is 0 Å². The van der Waals surface area contributed by atoms with E-state index in [4.69, 9.17) is 0 Å². The van der Waals surface area contributed by atoms with Crippen molar-refractivity contribution >= 4 is 17.1 Å². The highest BCUT2D eigenvalue weighted by atomic mass is 15.1. The number of para-hydroxylation sites is 1. The fourth-order valence-electron chi connectivity index (χ4n) is 11.5. The second kappa shape index (κ2) is 14.0. The summed E-state index contributed by atoms with van der Waals surface area (Å²) in [6.45, 7) is 25.9. The van der Waals surface area contributed by atoms with E-state index < -0.39 is 5.41 Å². The lowest BCUT2D eigenvalue weighted by Gasteiger charge is -2.34. The van der Waals surface area contributed by atoms with Gasteiger partial charge in [-0.3, -0.25) is 0 Å². The van der Waals surface area contributed by atoms with Crippen molar-refractivity contribution in [3.05, 3.63) is 220 Å². The molecule has 8 aromatic carbocycles. The second-order valence-corrected chi connectivity index (χ2v) is 22.6. The number of hydrogen-bond donors (Lipinski definition) is 0. The molecule has 0 fully saturated rings. The predicted molar refractivity (Wildman–Crippen MR) is 277 cm³/mol. The maximum Gasteiger partial charge on any atom is 0.0725 e. The van der Waals surface area contributed by atoms with Crippen LogP contribution < -0.4 is 4.90 Å². The van der Waals surface area contributed by atoms with Crippen molar-refractivity contribution in [1.29, 1.82) is 0 Å². The molecule has 3 aliphatic rings. The van der Waals surface area contributed by atoms with Gasteiger partial charge in [-0.25, -0.2) is 0 Å². The van der Waals surface area contributed by atoms with Gasteiger partial charge in [-0.15, -0.1) is 0 Å². The quantitative estimate of drug-likeness (QED) is 0.171. The summed E-state index contributed by atoms with van der Waals surface area (Å²) in [5.74, 6) is 0. The fraction of sp³-hybridized carbons (Fsp3) is 0.250. The van der Waals surface area contributed by atoms with E-state index in [1.807, 2.05) is 0 Å². The Morgan fingerprint density at radius 1 is 0.323 bits per heavy atom. The Hall–Kier alpha value is -6.44. The van der Waals surface area contributed by atoms with E-state index in [2.05, 4.69) is 251 Å². The van der Waals surface area contributed by atoms with Crippen LogP contribution in [0.5, 0.6) is 0 Å². The van der Waals surface area contributed by atoms with E-state index in [0.717, 1.165) is 17.1 Å². The van der Waals surface area contributed by atoms with Crippen LogP contribution in [-0.4, -0.2) is 0 Å². The van der Waals surface area contributed by atoms with Gasteiger partial charge in [-0.1, -0.05) is 216 Å². The number of rotatable bonds is 4. The van der Waals surface area contributed by atoms with Crippen LogP contribution in [0.2, 0.25) is 0 Å². The van der Waals surface area contributed by atoms with Crippen LogP contribution in [-0.2, 0) is 27.1 Å². The van der Waals surface area contributed by atoms with E-state index >= 15 is 0 Å². The molecule has 0 bridgehead atoms. The van der Waals surface area contributed by atoms with E-state index in [0.29, 0.717) is 0 Å². The first kappa shape index (κ1) is 41.3. The van der Waals surface area contributed by atoms with Crippen LogP contribution in [0.15, 0.2) is 170 Å². The minimum atomic E-state index is -0.492. The molecule has 11 rings (SSSR count). The Labute approximate surface area is 387 Å². The molecule has 3 aliphatic carbocycles. The Balaban J connectivity index is 1.21. The molecule has 0 aromatic heterocycles. The molecule has 0 saturated carbocycles. The molecule has 0 atom stereocenters. The lowest BCUT2D eigenvalue weighted by atomic mass is 9.68. The highest BCUT2D eigenvalue weighted by Gasteiger charge is 2.53. The van der Waals surface area contributed by atoms with Crippen LogP contribution in [0.25, 0.3) is 44.5 Å². The van der Waals surface area contributed by atoms with Crippen molar-refractivity contribution < 1.29 is 0 Å². The number of nitrogens with zero attached hydrogens (tertiary/aromatic N) is 1. The monoisotopic (exact) mass is 843 g/mol. The smallest absolute Gasteiger partial charge is 0.0725 e. The summed E-state index contributed by atoms with van der Waals surface area (Å²) < 4.78 is 0. The molecule has 322 valence electrons. The molecular formula is C64H61N. The summed E-state index contributed by atoms with van der Waals surface area (Å²) in [6.07, 6.45) is 0. The molecular weight excluding hydrogens is 783 g/mol. The normalized spacial score (nSPS) is 14.9. The van der Waals surface area contributed by atoms with Gasteiger partial charge in [0.25, 0.3) is 0 Å². The average molecular weight is 844 g/mol. The first-order valence-corrected chi connectivity index (χ1v) is 23.7. The van der Waals surface area contributed by atoms with Crippen molar-refractivity contribution in [2.45, 2.75) is 103 Å². The predicted octanol–water partition coefficient (Wildman–Crippen LogP) is 17.4. The third-order valence-electron chi connectivity index (χ3n) is 15.2. The summed E-state index contributed by atoms with van der Waals surface area (Å²) in [4.78, 5) is 2.53. The van der Waals surface area contributed by atoms with Crippen LogP contribution in [0, 0.1) is 0 Å². The van der Waals surface area contributed by atoms with E-state index in [1.54, 1.807) is 0 Å². The number of anilines is 3. The van der Waals surface area contributed by atoms with E-state index in [-0.39, 0.29) is 21.7 Å². The highest BCUT2D eigenvalue weighted by molar-refractivity contribution is 5.98. The first-order valence-electron chi connectivity index (χ1n) is 23.7. The van der Waals surface area contributed by atoms with Gasteiger partial charge in [-0.2, -0.15) is 0 Å². The van der Waals surface area contributed by atoms with Gasteiger partial charge in [0.05, 0.1) is 11.1 Å². The van der Waals surface area contributed by atoms with Crippen LogP contribution in [0.3, 0.4) is 0 Å². The van der Waals surface area contributed by atoms with E-state index in [1.165, 1.54) is 94.6 Å². The van der Waals surface area contributed by atoms with Crippen molar-refractivity contribution in [2.24, 2.45) is 0 Å². The molecule has 0 radical (unpaired) electrons. The van der Waals surface area contributed by atoms with E-state index in [9.17, 15) is 0 Å². The number of fused-ring (bicyclic) bond motifs is 13. The van der Waals surface area contributed by atoms with Gasteiger partial charge in [0.2, 0.25) is 0 Å². The zero-order valence-corrected chi connectivity index (χ0v) is 40.1. The fourth-order valence-corrected chi connectivity index (χ4v) is 11.5. The van der Waals surface area contributed by atoms with Crippen molar-refractivity contribution in [2.75, 3.05) is 4.90 Å². The molecule has 0 aliphatic heterocycles. The Morgan fingerprint density at radius 2 is 0.754 bits per heavy atom. The molecule has 1 spiro atoms. The number of benzene rings is 8. The first-order chi connectivity index (χ1) is 30.9. The number of hydrogen-bond acceptors (Lipinski definition) is 1. The lowest BCUT2D eigenvalue weighted by molar-refractivity contribution is 0.584. The topological polar surface area (TPSA) is 3.24 Å². The van der Waals surface area contributed by atoms with Crippen LogP contribution in [0.4, 0.5) is 17.1 Å². The molecule has 1 heteroatoms. The third-order valence-corrected chi connectivity index (χ3v) is 15.2. The summed E-state index contributed by atoms with van der Waals surface area (Å²) >= 11 is 0. The standard InChI is InChI=1S/C64H61N/c1-60(2,3)41-25-30-49-50-31-26-42(61(4,5)6)36-57(50)64(56(49)35-41)54-34-29-44(38-52(54)51-32-27-43(37-58(51)64)62(7,8)9)65(59-24-18-16-21-46(59)40-19-13-12-14-20-40)45-28-33-48-47-22-15-17-23-53(47)63(10,11)55(48)39-45/h12-39H,1-11H3. The van der Waals surface area contributed by atoms with Gasteiger partial charge in [0.15, 0.2) is 0 Å². The van der Waals surface area contributed by atoms with Gasteiger partial charge in [-0.05, 0) is 136 Å². The zero-order valence-electron chi connectivity index (χ0n) is 40.1. The maximum atomic E-state index is 2.57. The van der Waals surface area contributed by atoms with Gasteiger partial charge in [0.1, 0.15) is 0 Å². The molecule has 1 nitrogen and oxygen atoms in total. The molecule has 0 amide bonds. The minimum Gasteiger partial charge on any atom is -0.310 e. The molecule has 0 saturated heterocycles. The molecule has 65 heavy (non-hydrogen) atoms. The maximum absolute atomic E-state index is 2.57. The molecule has 0 unspecified atom stereocenters. The summed E-state index contributed by atoms with van der Waals surface area (Å²) in [5, 5.41) is 0. The second-order valence-electron chi connectivity index (χ2n) is 22.6. The molecule has 8 aromatic rings. The van der Waals surface area contributed by atoms with Gasteiger partial charge in [0, 0.05) is 22.4 Å². The van der Waals surface area contributed by atoms with Crippen molar-refractivity contribution in [3.63, 3.8) is 0 Å². The SMILES string of the molecule is CC(C)(C)c1ccc2c(c1)C1(c3ccc(N(c4ccc5c(c4)C(C)(C)c4ccccc4-5)c4ccccc4-c4ccccc4)cc3-2)c2cc(C(C)(C)C)ccc2-c2ccc(C(C)(C)C)cc21. The summed E-state index contributed by atoms with van der Waals surface area (Å²) in [7, 11) is 0. The summed E-state index contributed by atoms with van der Waals surface area (Å²) in [5.41, 5.74) is 25.5. The Bertz CT molecular complexity index is 3160. The Kier molecular flexibility index (Phi) is 8.91. The van der Waals surface area contributed by atoms with Gasteiger partial charge >= 0.3 is 0 Å². The molecule has 0 heterocycles. The minimum absolute atomic E-state index is 0.0125. The average Bonchev–Trinajstić information content (AvgIpc) is 3.83. The Morgan fingerprint density at radius 3 is 1.32 bits per heavy atom.